The maximum Gasteiger partial charge on any atom is 0.226 e. The van der Waals surface area contributed by atoms with Crippen LogP contribution >= 0.6 is 11.3 Å². The summed E-state index contributed by atoms with van der Waals surface area (Å²) in [6.07, 6.45) is 3.18. The highest BCUT2D eigenvalue weighted by Crippen LogP contribution is 2.25. The number of benzene rings is 2. The minimum Gasteiger partial charge on any atom is -0.494 e. The fourth-order valence-electron chi connectivity index (χ4n) is 2.73. The minimum absolute atomic E-state index is 0.0955. The summed E-state index contributed by atoms with van der Waals surface area (Å²) in [6.45, 7) is 2.64. The Morgan fingerprint density at radius 1 is 1.14 bits per heavy atom. The molecule has 146 valence electrons. The van der Waals surface area contributed by atoms with Gasteiger partial charge in [0.15, 0.2) is 5.13 Å². The number of hydrogen-bond acceptors (Lipinski definition) is 4. The Morgan fingerprint density at radius 3 is 2.61 bits per heavy atom. The number of amides is 1. The van der Waals surface area contributed by atoms with Crippen LogP contribution in [0.25, 0.3) is 11.3 Å². The van der Waals surface area contributed by atoms with E-state index in [1.54, 1.807) is 12.1 Å². The number of aryl methyl sites for hydroxylation is 1. The van der Waals surface area contributed by atoms with Crippen LogP contribution in [0.4, 0.5) is 9.52 Å². The van der Waals surface area contributed by atoms with Crippen molar-refractivity contribution in [2.75, 3.05) is 11.9 Å². The highest BCUT2D eigenvalue weighted by Gasteiger charge is 2.08. The molecule has 6 heteroatoms. The van der Waals surface area contributed by atoms with E-state index in [9.17, 15) is 9.18 Å². The normalized spacial score (nSPS) is 10.6. The Hall–Kier alpha value is -2.73. The van der Waals surface area contributed by atoms with Crippen LogP contribution in [-0.4, -0.2) is 17.5 Å². The van der Waals surface area contributed by atoms with Crippen LogP contribution in [0, 0.1) is 5.82 Å². The molecule has 0 fully saturated rings. The van der Waals surface area contributed by atoms with E-state index in [1.165, 1.54) is 29.0 Å². The van der Waals surface area contributed by atoms with Crippen molar-refractivity contribution in [1.82, 2.24) is 4.98 Å². The Balaban J connectivity index is 1.40. The number of carbonyl (C=O) groups is 1. The molecule has 1 heterocycles. The first-order valence-electron chi connectivity index (χ1n) is 9.37. The Kier molecular flexibility index (Phi) is 7.14. The molecule has 1 N–H and O–H groups in total. The van der Waals surface area contributed by atoms with Gasteiger partial charge in [-0.1, -0.05) is 25.5 Å². The Bertz CT molecular complexity index is 892. The first-order valence-corrected chi connectivity index (χ1v) is 10.2. The van der Waals surface area contributed by atoms with E-state index >= 15 is 0 Å². The summed E-state index contributed by atoms with van der Waals surface area (Å²) in [5, 5.41) is 5.18. The lowest BCUT2D eigenvalue weighted by Crippen LogP contribution is -2.12. The summed E-state index contributed by atoms with van der Waals surface area (Å²) >= 11 is 1.35. The number of nitrogens with zero attached hydrogens (tertiary/aromatic N) is 1. The lowest BCUT2D eigenvalue weighted by Gasteiger charge is -2.07. The number of ether oxygens (including phenoxy) is 1. The van der Waals surface area contributed by atoms with Crippen molar-refractivity contribution in [3.05, 3.63) is 65.3 Å². The van der Waals surface area contributed by atoms with Gasteiger partial charge < -0.3 is 10.1 Å². The van der Waals surface area contributed by atoms with Crippen molar-refractivity contribution >= 4 is 22.4 Å². The molecule has 0 aliphatic rings. The lowest BCUT2D eigenvalue weighted by molar-refractivity contribution is -0.116. The van der Waals surface area contributed by atoms with Gasteiger partial charge in [0.1, 0.15) is 11.6 Å². The van der Waals surface area contributed by atoms with E-state index in [2.05, 4.69) is 29.4 Å². The molecule has 1 amide bonds. The zero-order valence-corrected chi connectivity index (χ0v) is 16.6. The van der Waals surface area contributed by atoms with Crippen molar-refractivity contribution in [3.8, 4) is 17.0 Å². The number of thiazole rings is 1. The standard InChI is InChI=1S/C22H23FN2O2S/c1-2-4-16-6-12-19(13-7-16)27-14-3-5-21(26)25-22-24-20(15-28-22)17-8-10-18(23)11-9-17/h6-13,15H,2-5,14H2,1H3,(H,24,25,26). The van der Waals surface area contributed by atoms with Gasteiger partial charge in [-0.3, -0.25) is 4.79 Å². The van der Waals surface area contributed by atoms with E-state index in [0.717, 1.165) is 29.8 Å². The molecule has 0 atom stereocenters. The van der Waals surface area contributed by atoms with Crippen molar-refractivity contribution in [2.24, 2.45) is 0 Å². The Morgan fingerprint density at radius 2 is 1.89 bits per heavy atom. The average Bonchev–Trinajstić information content (AvgIpc) is 3.15. The number of anilines is 1. The fourth-order valence-corrected chi connectivity index (χ4v) is 3.47. The first kappa shape index (κ1) is 20.0. The summed E-state index contributed by atoms with van der Waals surface area (Å²) in [5.41, 5.74) is 2.84. The molecule has 0 saturated carbocycles. The second kappa shape index (κ2) is 9.99. The van der Waals surface area contributed by atoms with Crippen LogP contribution in [0.5, 0.6) is 5.75 Å². The fraction of sp³-hybridized carbons (Fsp3) is 0.273. The van der Waals surface area contributed by atoms with Crippen LogP contribution in [-0.2, 0) is 11.2 Å². The second-order valence-corrected chi connectivity index (χ2v) is 7.30. The van der Waals surface area contributed by atoms with E-state index in [4.69, 9.17) is 4.74 Å². The largest absolute Gasteiger partial charge is 0.494 e. The summed E-state index contributed by atoms with van der Waals surface area (Å²) in [4.78, 5) is 16.5. The summed E-state index contributed by atoms with van der Waals surface area (Å²) in [7, 11) is 0. The van der Waals surface area contributed by atoms with Crippen molar-refractivity contribution in [2.45, 2.75) is 32.6 Å². The van der Waals surface area contributed by atoms with Gasteiger partial charge in [0.05, 0.1) is 12.3 Å². The summed E-state index contributed by atoms with van der Waals surface area (Å²) in [6, 6.07) is 14.2. The molecule has 0 spiro atoms. The van der Waals surface area contributed by atoms with Gasteiger partial charge in [-0.05, 0) is 54.8 Å². The highest BCUT2D eigenvalue weighted by molar-refractivity contribution is 7.14. The molecule has 0 saturated heterocycles. The number of hydrogen-bond donors (Lipinski definition) is 1. The number of halogens is 1. The molecule has 0 aliphatic carbocycles. The van der Waals surface area contributed by atoms with Gasteiger partial charge in [-0.25, -0.2) is 9.37 Å². The highest BCUT2D eigenvalue weighted by atomic mass is 32.1. The zero-order valence-electron chi connectivity index (χ0n) is 15.8. The molecule has 0 unspecified atom stereocenters. The van der Waals surface area contributed by atoms with Crippen LogP contribution in [0.15, 0.2) is 53.9 Å². The number of nitrogens with one attached hydrogen (secondary N) is 1. The number of rotatable bonds is 9. The van der Waals surface area contributed by atoms with Gasteiger partial charge in [0, 0.05) is 17.4 Å². The quantitative estimate of drug-likeness (QED) is 0.471. The third-order valence-corrected chi connectivity index (χ3v) is 4.93. The average molecular weight is 399 g/mol. The third kappa shape index (κ3) is 5.89. The molecule has 3 aromatic rings. The van der Waals surface area contributed by atoms with Crippen LogP contribution in [0.2, 0.25) is 0 Å². The van der Waals surface area contributed by atoms with Gasteiger partial charge in [0.25, 0.3) is 0 Å². The maximum atomic E-state index is 13.0. The molecule has 2 aromatic carbocycles. The molecule has 28 heavy (non-hydrogen) atoms. The lowest BCUT2D eigenvalue weighted by atomic mass is 10.1. The SMILES string of the molecule is CCCc1ccc(OCCCC(=O)Nc2nc(-c3ccc(F)cc3)cs2)cc1. The summed E-state index contributed by atoms with van der Waals surface area (Å²) < 4.78 is 18.7. The molecule has 0 aliphatic heterocycles. The van der Waals surface area contributed by atoms with Crippen molar-refractivity contribution in [3.63, 3.8) is 0 Å². The van der Waals surface area contributed by atoms with Crippen molar-refractivity contribution in [1.29, 1.82) is 0 Å². The van der Waals surface area contributed by atoms with E-state index in [1.807, 2.05) is 17.5 Å². The molecule has 3 rings (SSSR count). The maximum absolute atomic E-state index is 13.0. The molecular formula is C22H23FN2O2S. The van der Waals surface area contributed by atoms with E-state index < -0.39 is 0 Å². The predicted molar refractivity (Wildman–Crippen MR) is 111 cm³/mol. The first-order chi connectivity index (χ1) is 13.6. The van der Waals surface area contributed by atoms with Gasteiger partial charge >= 0.3 is 0 Å². The zero-order chi connectivity index (χ0) is 19.8. The third-order valence-electron chi connectivity index (χ3n) is 4.17. The predicted octanol–water partition coefficient (Wildman–Crippen LogP) is 5.70. The second-order valence-electron chi connectivity index (χ2n) is 6.44. The van der Waals surface area contributed by atoms with E-state index in [-0.39, 0.29) is 11.7 Å². The van der Waals surface area contributed by atoms with Gasteiger partial charge in [-0.15, -0.1) is 11.3 Å². The Labute approximate surface area is 168 Å². The van der Waals surface area contributed by atoms with Gasteiger partial charge in [-0.2, -0.15) is 0 Å². The van der Waals surface area contributed by atoms with Crippen LogP contribution in [0.1, 0.15) is 31.7 Å². The molecule has 4 nitrogen and oxygen atoms in total. The minimum atomic E-state index is -0.286. The number of carbonyl (C=O) groups excluding carboxylic acids is 1. The molecule has 0 radical (unpaired) electrons. The van der Waals surface area contributed by atoms with E-state index in [0.29, 0.717) is 24.6 Å². The van der Waals surface area contributed by atoms with Crippen LogP contribution in [0.3, 0.4) is 0 Å². The monoisotopic (exact) mass is 398 g/mol. The van der Waals surface area contributed by atoms with Crippen LogP contribution < -0.4 is 10.1 Å². The van der Waals surface area contributed by atoms with Gasteiger partial charge in [0.2, 0.25) is 5.91 Å². The summed E-state index contributed by atoms with van der Waals surface area (Å²) in [5.74, 6) is 0.442. The molecular weight excluding hydrogens is 375 g/mol. The smallest absolute Gasteiger partial charge is 0.226 e. The molecule has 1 aromatic heterocycles. The number of aromatic nitrogens is 1. The molecule has 0 bridgehead atoms. The topological polar surface area (TPSA) is 51.2 Å². The van der Waals surface area contributed by atoms with Crippen molar-refractivity contribution < 1.29 is 13.9 Å².